The van der Waals surface area contributed by atoms with E-state index in [4.69, 9.17) is 9.47 Å². The molecule has 0 atom stereocenters. The first-order chi connectivity index (χ1) is 29.1. The lowest BCUT2D eigenvalue weighted by molar-refractivity contribution is -0.00322. The molecule has 0 bridgehead atoms. The van der Waals surface area contributed by atoms with E-state index in [9.17, 15) is 9.59 Å². The molecule has 6 fully saturated rings. The van der Waals surface area contributed by atoms with Crippen LogP contribution < -0.4 is 10.6 Å². The van der Waals surface area contributed by atoms with Crippen LogP contribution in [0.3, 0.4) is 0 Å². The minimum Gasteiger partial charge on any atom is -0.444 e. The molecule has 6 saturated heterocycles. The third-order valence-electron chi connectivity index (χ3n) is 14.6. The Morgan fingerprint density at radius 3 is 1.03 bits per heavy atom. The van der Waals surface area contributed by atoms with Crippen LogP contribution in [0.15, 0.2) is 60.7 Å². The largest absolute Gasteiger partial charge is 0.444 e. The van der Waals surface area contributed by atoms with Crippen molar-refractivity contribution in [1.29, 1.82) is 0 Å². The number of hydrogen-bond acceptors (Lipinski definition) is 8. The number of amides is 2. The SMILES string of the molecule is CC(C)(C)OC(=O)N1CCC2(CCN(Cc3ccccc3)CC2)CC1.CC(C)(C)OC(=O)N1CCC2(CCNCC2)CC1.c1ccc(CN2CCC3(CCNCC3)CC2)cc1. The van der Waals surface area contributed by atoms with E-state index >= 15 is 0 Å². The zero-order chi connectivity index (χ0) is 43.4. The Morgan fingerprint density at radius 1 is 0.459 bits per heavy atom. The first-order valence-corrected chi connectivity index (χ1v) is 24.0. The van der Waals surface area contributed by atoms with E-state index in [1.807, 2.05) is 51.3 Å². The molecule has 61 heavy (non-hydrogen) atoms. The van der Waals surface area contributed by atoms with Crippen LogP contribution in [0.25, 0.3) is 0 Å². The molecule has 3 spiro atoms. The highest BCUT2D eigenvalue weighted by molar-refractivity contribution is 5.68. The van der Waals surface area contributed by atoms with Gasteiger partial charge in [-0.25, -0.2) is 9.59 Å². The van der Waals surface area contributed by atoms with E-state index < -0.39 is 5.60 Å². The molecule has 340 valence electrons. The van der Waals surface area contributed by atoms with Gasteiger partial charge in [0.2, 0.25) is 0 Å². The Hall–Kier alpha value is -3.18. The van der Waals surface area contributed by atoms with Crippen LogP contribution in [-0.2, 0) is 22.6 Å². The van der Waals surface area contributed by atoms with Gasteiger partial charge in [0.15, 0.2) is 0 Å². The fraction of sp³-hybridized carbons (Fsp3) is 0.725. The van der Waals surface area contributed by atoms with E-state index in [0.29, 0.717) is 16.2 Å². The molecule has 10 heteroatoms. The number of piperidine rings is 6. The van der Waals surface area contributed by atoms with Gasteiger partial charge in [0.1, 0.15) is 11.2 Å². The maximum absolute atomic E-state index is 12.2. The summed E-state index contributed by atoms with van der Waals surface area (Å²) in [5, 5.41) is 6.91. The Balaban J connectivity index is 0.000000156. The van der Waals surface area contributed by atoms with Crippen molar-refractivity contribution in [3.05, 3.63) is 71.8 Å². The molecule has 2 aromatic carbocycles. The second-order valence-electron chi connectivity index (χ2n) is 21.5. The summed E-state index contributed by atoms with van der Waals surface area (Å²) in [7, 11) is 0. The predicted molar refractivity (Wildman–Crippen MR) is 247 cm³/mol. The zero-order valence-electron chi connectivity index (χ0n) is 39.1. The predicted octanol–water partition coefficient (Wildman–Crippen LogP) is 9.34. The Kier molecular flexibility index (Phi) is 16.6. The van der Waals surface area contributed by atoms with Gasteiger partial charge in [-0.3, -0.25) is 9.80 Å². The Labute approximate surface area is 369 Å². The molecule has 0 radical (unpaired) electrons. The minimum atomic E-state index is -0.408. The van der Waals surface area contributed by atoms with Crippen molar-refractivity contribution >= 4 is 12.2 Å². The molecule has 8 rings (SSSR count). The molecule has 0 aromatic heterocycles. The van der Waals surface area contributed by atoms with Crippen LogP contribution in [-0.4, -0.2) is 122 Å². The van der Waals surface area contributed by atoms with Crippen LogP contribution in [0.1, 0.15) is 130 Å². The van der Waals surface area contributed by atoms with Crippen molar-refractivity contribution < 1.29 is 19.1 Å². The monoisotopic (exact) mass is 843 g/mol. The van der Waals surface area contributed by atoms with Gasteiger partial charge in [0, 0.05) is 39.3 Å². The summed E-state index contributed by atoms with van der Waals surface area (Å²) in [5.41, 5.74) is 3.67. The second-order valence-corrected chi connectivity index (χ2v) is 21.5. The third kappa shape index (κ3) is 15.0. The maximum atomic E-state index is 12.2. The van der Waals surface area contributed by atoms with Crippen molar-refractivity contribution in [2.45, 2.75) is 143 Å². The first-order valence-electron chi connectivity index (χ1n) is 24.0. The van der Waals surface area contributed by atoms with E-state index in [0.717, 1.165) is 78.0 Å². The highest BCUT2D eigenvalue weighted by Gasteiger charge is 2.40. The standard InChI is InChI=1S/C21H32N2O2.C16H24N2.C14H26N2O2/c1-20(2,3)25-19(24)23-15-11-21(12-16-23)9-13-22(14-10-21)17-18-7-5-4-6-8-18;1-2-4-15(5-3-1)14-18-12-8-16(9-13-18)6-10-17-11-7-16;1-13(2,3)18-12(17)16-10-6-14(7-11-16)4-8-15-9-5-14/h4-8H,9-17H2,1-3H3;1-5,17H,6-14H2;15H,4-11H2,1-3H3. The highest BCUT2D eigenvalue weighted by Crippen LogP contribution is 2.43. The Bertz CT molecular complexity index is 1590. The number of benzene rings is 2. The molecule has 6 heterocycles. The van der Waals surface area contributed by atoms with Gasteiger partial charge in [0.25, 0.3) is 0 Å². The van der Waals surface area contributed by atoms with Gasteiger partial charge < -0.3 is 29.9 Å². The fourth-order valence-electron chi connectivity index (χ4n) is 10.4. The van der Waals surface area contributed by atoms with Crippen molar-refractivity contribution in [2.75, 3.05) is 78.5 Å². The lowest BCUT2D eigenvalue weighted by Crippen LogP contribution is -2.49. The molecule has 10 nitrogen and oxygen atoms in total. The average molecular weight is 843 g/mol. The van der Waals surface area contributed by atoms with Gasteiger partial charge in [-0.1, -0.05) is 60.7 Å². The second kappa shape index (κ2) is 21.5. The summed E-state index contributed by atoms with van der Waals surface area (Å²) >= 11 is 0. The maximum Gasteiger partial charge on any atom is 0.410 e. The van der Waals surface area contributed by atoms with Crippen LogP contribution >= 0.6 is 0 Å². The summed E-state index contributed by atoms with van der Waals surface area (Å²) in [5.74, 6) is 0. The van der Waals surface area contributed by atoms with E-state index in [-0.39, 0.29) is 17.8 Å². The number of carbonyl (C=O) groups excluding carboxylic acids is 2. The highest BCUT2D eigenvalue weighted by atomic mass is 16.6. The first kappa shape index (κ1) is 47.3. The van der Waals surface area contributed by atoms with Gasteiger partial charge in [-0.05, 0) is 198 Å². The van der Waals surface area contributed by atoms with E-state index in [1.165, 1.54) is 102 Å². The molecular formula is C51H82N6O4. The number of rotatable bonds is 4. The van der Waals surface area contributed by atoms with Gasteiger partial charge >= 0.3 is 12.2 Å². The number of carbonyl (C=O) groups is 2. The summed E-state index contributed by atoms with van der Waals surface area (Å²) in [6.07, 6.45) is 14.8. The smallest absolute Gasteiger partial charge is 0.410 e. The molecule has 0 saturated carbocycles. The van der Waals surface area contributed by atoms with E-state index in [2.05, 4.69) is 81.1 Å². The van der Waals surface area contributed by atoms with Crippen molar-refractivity contribution in [3.8, 4) is 0 Å². The van der Waals surface area contributed by atoms with Crippen LogP contribution in [0.4, 0.5) is 9.59 Å². The molecule has 0 aliphatic carbocycles. The van der Waals surface area contributed by atoms with Gasteiger partial charge in [0.05, 0.1) is 0 Å². The van der Waals surface area contributed by atoms with Gasteiger partial charge in [-0.2, -0.15) is 0 Å². The topological polar surface area (TPSA) is 89.6 Å². The average Bonchev–Trinajstić information content (AvgIpc) is 3.24. The molecular weight excluding hydrogens is 761 g/mol. The molecule has 6 aliphatic heterocycles. The lowest BCUT2D eigenvalue weighted by atomic mass is 9.71. The van der Waals surface area contributed by atoms with Crippen molar-refractivity contribution in [2.24, 2.45) is 16.2 Å². The van der Waals surface area contributed by atoms with Crippen LogP contribution in [0.5, 0.6) is 0 Å². The summed E-state index contributed by atoms with van der Waals surface area (Å²) < 4.78 is 10.9. The number of nitrogens with one attached hydrogen (secondary N) is 2. The van der Waals surface area contributed by atoms with Crippen LogP contribution in [0.2, 0.25) is 0 Å². The third-order valence-corrected chi connectivity index (χ3v) is 14.6. The summed E-state index contributed by atoms with van der Waals surface area (Å²) in [6.45, 7) is 26.8. The van der Waals surface area contributed by atoms with E-state index in [1.54, 1.807) is 0 Å². The number of likely N-dealkylation sites (tertiary alicyclic amines) is 4. The lowest BCUT2D eigenvalue weighted by Gasteiger charge is -2.46. The molecule has 6 aliphatic rings. The number of hydrogen-bond donors (Lipinski definition) is 2. The summed E-state index contributed by atoms with van der Waals surface area (Å²) in [4.78, 5) is 33.2. The molecule has 2 amide bonds. The minimum absolute atomic E-state index is 0.147. The van der Waals surface area contributed by atoms with Crippen LogP contribution in [0, 0.1) is 16.2 Å². The normalized spacial score (nSPS) is 23.0. The fourth-order valence-corrected chi connectivity index (χ4v) is 10.4. The van der Waals surface area contributed by atoms with Crippen molar-refractivity contribution in [3.63, 3.8) is 0 Å². The number of nitrogens with zero attached hydrogens (tertiary/aromatic N) is 4. The summed E-state index contributed by atoms with van der Waals surface area (Å²) in [6, 6.07) is 21.6. The van der Waals surface area contributed by atoms with Gasteiger partial charge in [-0.15, -0.1) is 0 Å². The molecule has 2 aromatic rings. The quantitative estimate of drug-likeness (QED) is 0.315. The zero-order valence-corrected chi connectivity index (χ0v) is 39.1. The molecule has 0 unspecified atom stereocenters. The van der Waals surface area contributed by atoms with Crippen molar-refractivity contribution in [1.82, 2.24) is 30.2 Å². The Morgan fingerprint density at radius 2 is 0.738 bits per heavy atom. The number of ether oxygens (including phenoxy) is 2. The molecule has 2 N–H and O–H groups in total.